The topological polar surface area (TPSA) is 40.5 Å². The molecule has 0 amide bonds. The van der Waals surface area contributed by atoms with Crippen molar-refractivity contribution in [3.8, 4) is 0 Å². The summed E-state index contributed by atoms with van der Waals surface area (Å²) in [5.74, 6) is 0. The third-order valence-corrected chi connectivity index (χ3v) is 2.65. The van der Waals surface area contributed by atoms with Gasteiger partial charge in [-0.25, -0.2) is 0 Å². The minimum absolute atomic E-state index is 0.0711. The van der Waals surface area contributed by atoms with E-state index < -0.39 is 0 Å². The SMILES string of the molecule is CCOC(CCn1ccsc1=O)OCC. The molecule has 0 aliphatic rings. The summed E-state index contributed by atoms with van der Waals surface area (Å²) in [6, 6.07) is 0. The molecule has 0 saturated heterocycles. The standard InChI is InChI=1S/C10H17NO3S/c1-3-13-9(14-4-2)5-6-11-7-8-15-10(11)12/h7-9H,3-6H2,1-2H3. The smallest absolute Gasteiger partial charge is 0.307 e. The van der Waals surface area contributed by atoms with Crippen molar-refractivity contribution in [2.75, 3.05) is 13.2 Å². The van der Waals surface area contributed by atoms with Crippen LogP contribution in [0.3, 0.4) is 0 Å². The number of thiazole rings is 1. The van der Waals surface area contributed by atoms with Gasteiger partial charge < -0.3 is 14.0 Å². The molecule has 1 rings (SSSR count). The number of aryl methyl sites for hydroxylation is 1. The number of nitrogens with zero attached hydrogens (tertiary/aromatic N) is 1. The van der Waals surface area contributed by atoms with Gasteiger partial charge in [-0.05, 0) is 13.8 Å². The van der Waals surface area contributed by atoms with Crippen molar-refractivity contribution in [1.82, 2.24) is 4.57 Å². The summed E-state index contributed by atoms with van der Waals surface area (Å²) in [6.45, 7) is 5.77. The second-order valence-electron chi connectivity index (χ2n) is 2.99. The van der Waals surface area contributed by atoms with E-state index in [1.54, 1.807) is 16.1 Å². The van der Waals surface area contributed by atoms with Crippen LogP contribution in [0.1, 0.15) is 20.3 Å². The van der Waals surface area contributed by atoms with Crippen LogP contribution < -0.4 is 4.87 Å². The first-order valence-electron chi connectivity index (χ1n) is 5.15. The number of hydrogen-bond donors (Lipinski definition) is 0. The molecule has 0 aliphatic heterocycles. The first-order valence-corrected chi connectivity index (χ1v) is 6.03. The lowest BCUT2D eigenvalue weighted by Gasteiger charge is -2.16. The summed E-state index contributed by atoms with van der Waals surface area (Å²) in [7, 11) is 0. The molecule has 0 radical (unpaired) electrons. The van der Waals surface area contributed by atoms with Gasteiger partial charge in [0.25, 0.3) is 0 Å². The van der Waals surface area contributed by atoms with E-state index in [-0.39, 0.29) is 11.2 Å². The van der Waals surface area contributed by atoms with Crippen molar-refractivity contribution in [1.29, 1.82) is 0 Å². The molecule has 1 heterocycles. The summed E-state index contributed by atoms with van der Waals surface area (Å²) < 4.78 is 12.4. The molecule has 0 aromatic carbocycles. The first-order chi connectivity index (χ1) is 7.27. The van der Waals surface area contributed by atoms with E-state index in [9.17, 15) is 4.79 Å². The highest BCUT2D eigenvalue weighted by molar-refractivity contribution is 7.07. The van der Waals surface area contributed by atoms with Gasteiger partial charge >= 0.3 is 4.87 Å². The van der Waals surface area contributed by atoms with Crippen LogP contribution >= 0.6 is 11.3 Å². The van der Waals surface area contributed by atoms with Crippen molar-refractivity contribution in [3.05, 3.63) is 21.2 Å². The minimum Gasteiger partial charge on any atom is -0.353 e. The summed E-state index contributed by atoms with van der Waals surface area (Å²) in [6.07, 6.45) is 2.30. The Morgan fingerprint density at radius 1 is 1.40 bits per heavy atom. The molecule has 15 heavy (non-hydrogen) atoms. The highest BCUT2D eigenvalue weighted by Gasteiger charge is 2.08. The van der Waals surface area contributed by atoms with Gasteiger partial charge in [0.15, 0.2) is 6.29 Å². The maximum atomic E-state index is 11.2. The Labute approximate surface area is 93.4 Å². The predicted molar refractivity (Wildman–Crippen MR) is 60.2 cm³/mol. The van der Waals surface area contributed by atoms with Gasteiger partial charge in [-0.3, -0.25) is 4.79 Å². The van der Waals surface area contributed by atoms with Crippen molar-refractivity contribution >= 4 is 11.3 Å². The zero-order chi connectivity index (χ0) is 11.1. The van der Waals surface area contributed by atoms with Gasteiger partial charge in [-0.15, -0.1) is 0 Å². The number of hydrogen-bond acceptors (Lipinski definition) is 4. The molecule has 86 valence electrons. The molecular formula is C10H17NO3S. The summed E-state index contributed by atoms with van der Waals surface area (Å²) >= 11 is 1.21. The minimum atomic E-state index is -0.202. The fourth-order valence-corrected chi connectivity index (χ4v) is 1.90. The summed E-state index contributed by atoms with van der Waals surface area (Å²) in [4.78, 5) is 11.3. The quantitative estimate of drug-likeness (QED) is 0.671. The molecule has 0 N–H and O–H groups in total. The third kappa shape index (κ3) is 4.15. The molecule has 4 nitrogen and oxygen atoms in total. The second-order valence-corrected chi connectivity index (χ2v) is 3.85. The van der Waals surface area contributed by atoms with E-state index in [4.69, 9.17) is 9.47 Å². The highest BCUT2D eigenvalue weighted by atomic mass is 32.1. The van der Waals surface area contributed by atoms with E-state index in [1.165, 1.54) is 11.3 Å². The van der Waals surface area contributed by atoms with Gasteiger partial charge in [0.1, 0.15) is 0 Å². The predicted octanol–water partition coefficient (Wildman–Crippen LogP) is 1.70. The largest absolute Gasteiger partial charge is 0.353 e. The average molecular weight is 231 g/mol. The molecule has 5 heteroatoms. The zero-order valence-corrected chi connectivity index (χ0v) is 9.96. The fraction of sp³-hybridized carbons (Fsp3) is 0.700. The maximum absolute atomic E-state index is 11.2. The van der Waals surface area contributed by atoms with Gasteiger partial charge in [0.2, 0.25) is 0 Å². The first kappa shape index (κ1) is 12.4. The van der Waals surface area contributed by atoms with Crippen LogP contribution in [0.2, 0.25) is 0 Å². The Hall–Kier alpha value is -0.650. The van der Waals surface area contributed by atoms with E-state index >= 15 is 0 Å². The number of ether oxygens (including phenoxy) is 2. The van der Waals surface area contributed by atoms with E-state index in [0.29, 0.717) is 26.2 Å². The molecule has 0 bridgehead atoms. The lowest BCUT2D eigenvalue weighted by molar-refractivity contribution is -0.140. The second kappa shape index (κ2) is 6.76. The Bertz CT molecular complexity index is 314. The zero-order valence-electron chi connectivity index (χ0n) is 9.14. The number of rotatable bonds is 7. The molecular weight excluding hydrogens is 214 g/mol. The monoisotopic (exact) mass is 231 g/mol. The van der Waals surface area contributed by atoms with Crippen LogP contribution in [0.25, 0.3) is 0 Å². The lowest BCUT2D eigenvalue weighted by Crippen LogP contribution is -2.22. The molecule has 0 atom stereocenters. The molecule has 1 aromatic heterocycles. The highest BCUT2D eigenvalue weighted by Crippen LogP contribution is 2.03. The van der Waals surface area contributed by atoms with Gasteiger partial charge in [-0.1, -0.05) is 11.3 Å². The van der Waals surface area contributed by atoms with Crippen LogP contribution in [-0.4, -0.2) is 24.1 Å². The summed E-state index contributed by atoms with van der Waals surface area (Å²) in [5, 5.41) is 1.79. The Balaban J connectivity index is 2.39. The van der Waals surface area contributed by atoms with Crippen molar-refractivity contribution in [2.24, 2.45) is 0 Å². The molecule has 1 aromatic rings. The van der Waals surface area contributed by atoms with Crippen LogP contribution in [0.4, 0.5) is 0 Å². The van der Waals surface area contributed by atoms with Gasteiger partial charge in [0.05, 0.1) is 0 Å². The van der Waals surface area contributed by atoms with E-state index in [2.05, 4.69) is 0 Å². The molecule has 0 fully saturated rings. The molecule has 0 saturated carbocycles. The Kier molecular flexibility index (Phi) is 5.60. The molecule has 0 aliphatic carbocycles. The van der Waals surface area contributed by atoms with E-state index in [0.717, 1.165) is 0 Å². The summed E-state index contributed by atoms with van der Waals surface area (Å²) in [5.41, 5.74) is 0. The fourth-order valence-electron chi connectivity index (χ4n) is 1.29. The Morgan fingerprint density at radius 2 is 2.07 bits per heavy atom. The van der Waals surface area contributed by atoms with Gasteiger partial charge in [0, 0.05) is 37.8 Å². The lowest BCUT2D eigenvalue weighted by atomic mass is 10.4. The Morgan fingerprint density at radius 3 is 2.53 bits per heavy atom. The number of aromatic nitrogens is 1. The maximum Gasteiger partial charge on any atom is 0.307 e. The molecule has 0 unspecified atom stereocenters. The average Bonchev–Trinajstić information content (AvgIpc) is 2.61. The molecule has 0 spiro atoms. The van der Waals surface area contributed by atoms with Crippen molar-refractivity contribution in [3.63, 3.8) is 0 Å². The van der Waals surface area contributed by atoms with Crippen LogP contribution in [0, 0.1) is 0 Å². The van der Waals surface area contributed by atoms with Crippen LogP contribution in [-0.2, 0) is 16.0 Å². The third-order valence-electron chi connectivity index (χ3n) is 1.95. The van der Waals surface area contributed by atoms with Crippen LogP contribution in [0.15, 0.2) is 16.4 Å². The van der Waals surface area contributed by atoms with E-state index in [1.807, 2.05) is 13.8 Å². The normalized spacial score (nSPS) is 11.1. The van der Waals surface area contributed by atoms with Crippen molar-refractivity contribution in [2.45, 2.75) is 33.1 Å². The van der Waals surface area contributed by atoms with Crippen LogP contribution in [0.5, 0.6) is 0 Å². The van der Waals surface area contributed by atoms with Crippen molar-refractivity contribution < 1.29 is 9.47 Å². The van der Waals surface area contributed by atoms with Gasteiger partial charge in [-0.2, -0.15) is 0 Å².